The molecule has 0 unspecified atom stereocenters. The number of fused-ring (bicyclic) bond motifs is 3. The van der Waals surface area contributed by atoms with Crippen LogP contribution in [0.3, 0.4) is 0 Å². The van der Waals surface area contributed by atoms with Crippen LogP contribution in [-0.2, 0) is 0 Å². The summed E-state index contributed by atoms with van der Waals surface area (Å²) in [6, 6.07) is 38.0. The lowest BCUT2D eigenvalue weighted by Crippen LogP contribution is -2.58. The third-order valence-corrected chi connectivity index (χ3v) is 28.5. The molecule has 0 aliphatic heterocycles. The molecule has 3 aromatic carbocycles. The minimum Gasteiger partial charge on any atom is -0.309 e. The first-order chi connectivity index (χ1) is 19.5. The number of aryl methyl sites for hydroxylation is 1. The number of hydrogen-bond acceptors (Lipinski definition) is 2. The van der Waals surface area contributed by atoms with Crippen molar-refractivity contribution in [2.45, 2.75) is 58.8 Å². The van der Waals surface area contributed by atoms with E-state index in [4.69, 9.17) is 0 Å². The molecule has 0 aliphatic carbocycles. The van der Waals surface area contributed by atoms with Crippen LogP contribution in [0.25, 0.3) is 48.4 Å². The van der Waals surface area contributed by atoms with E-state index in [1.807, 2.05) is 11.3 Å². The van der Waals surface area contributed by atoms with Crippen molar-refractivity contribution in [3.63, 3.8) is 0 Å². The van der Waals surface area contributed by atoms with Crippen LogP contribution < -0.4 is 4.50 Å². The standard InChI is InChI=1S/C35H38NS2Si2/c1-6-39(7-2)40(8-3,9-4)35-21-20-34(38-35)27-15-19-32-30(24-27)29-23-26(33-11-10-22-37-33)14-18-31(29)36(32)28-16-12-25(5)13-17-28/h10-24H,6-9H2,1-5H3. The summed E-state index contributed by atoms with van der Waals surface area (Å²) in [5.74, 6) is 0. The molecule has 6 rings (SSSR count). The summed E-state index contributed by atoms with van der Waals surface area (Å²) >= 11 is 3.91. The zero-order valence-corrected chi connectivity index (χ0v) is 27.9. The van der Waals surface area contributed by atoms with Gasteiger partial charge in [0, 0.05) is 34.5 Å². The summed E-state index contributed by atoms with van der Waals surface area (Å²) < 4.78 is 4.18. The number of rotatable bonds is 9. The van der Waals surface area contributed by atoms with Crippen molar-refractivity contribution in [3.05, 3.63) is 95.9 Å². The molecule has 0 fully saturated rings. The summed E-state index contributed by atoms with van der Waals surface area (Å²) in [6.07, 6.45) is 0. The molecular formula is C35H38NS2Si2. The van der Waals surface area contributed by atoms with E-state index in [-0.39, 0.29) is 8.31 Å². The highest BCUT2D eigenvalue weighted by Gasteiger charge is 2.40. The first-order valence-electron chi connectivity index (χ1n) is 14.7. The summed E-state index contributed by atoms with van der Waals surface area (Å²) in [4.78, 5) is 2.75. The van der Waals surface area contributed by atoms with Gasteiger partial charge in [-0.1, -0.05) is 93.8 Å². The highest BCUT2D eigenvalue weighted by molar-refractivity contribution is 7.47. The van der Waals surface area contributed by atoms with E-state index >= 15 is 0 Å². The van der Waals surface area contributed by atoms with Crippen LogP contribution in [0.1, 0.15) is 33.3 Å². The van der Waals surface area contributed by atoms with E-state index in [2.05, 4.69) is 141 Å². The molecule has 6 aromatic rings. The Morgan fingerprint density at radius 3 is 1.88 bits per heavy atom. The van der Waals surface area contributed by atoms with Crippen LogP contribution in [0.4, 0.5) is 0 Å². The molecule has 1 radical (unpaired) electrons. The lowest BCUT2D eigenvalue weighted by molar-refractivity contribution is 1.17. The maximum absolute atomic E-state index is 2.52. The normalized spacial score (nSPS) is 12.2. The lowest BCUT2D eigenvalue weighted by atomic mass is 10.1. The molecule has 0 amide bonds. The molecule has 3 aromatic heterocycles. The van der Waals surface area contributed by atoms with Gasteiger partial charge in [-0.2, -0.15) is 0 Å². The molecule has 5 heteroatoms. The van der Waals surface area contributed by atoms with Crippen molar-refractivity contribution in [1.82, 2.24) is 4.57 Å². The second-order valence-electron chi connectivity index (χ2n) is 10.9. The molecule has 0 saturated carbocycles. The van der Waals surface area contributed by atoms with Gasteiger partial charge in [-0.25, -0.2) is 0 Å². The van der Waals surface area contributed by atoms with Crippen molar-refractivity contribution in [3.8, 4) is 26.6 Å². The first-order valence-corrected chi connectivity index (χ1v) is 21.7. The maximum atomic E-state index is 2.52. The Morgan fingerprint density at radius 2 is 1.32 bits per heavy atom. The van der Waals surface area contributed by atoms with Gasteiger partial charge in [0.05, 0.1) is 18.6 Å². The van der Waals surface area contributed by atoms with Crippen molar-refractivity contribution in [2.75, 3.05) is 0 Å². The number of benzene rings is 3. The Kier molecular flexibility index (Phi) is 7.75. The van der Waals surface area contributed by atoms with Crippen LogP contribution >= 0.6 is 22.7 Å². The van der Waals surface area contributed by atoms with E-state index in [9.17, 15) is 0 Å². The van der Waals surface area contributed by atoms with Gasteiger partial charge in [0.1, 0.15) is 0 Å². The Balaban J connectivity index is 1.53. The Bertz CT molecular complexity index is 1750. The largest absolute Gasteiger partial charge is 0.309 e. The van der Waals surface area contributed by atoms with Gasteiger partial charge in [0.2, 0.25) is 0 Å². The molecule has 40 heavy (non-hydrogen) atoms. The minimum absolute atomic E-state index is 0.315. The smallest absolute Gasteiger partial charge is 0.0896 e. The van der Waals surface area contributed by atoms with Crippen LogP contribution in [0.15, 0.2) is 90.3 Å². The minimum atomic E-state index is -1.42. The average Bonchev–Trinajstić information content (AvgIpc) is 3.76. The van der Waals surface area contributed by atoms with E-state index in [1.54, 1.807) is 4.50 Å². The topological polar surface area (TPSA) is 4.93 Å². The Morgan fingerprint density at radius 1 is 0.700 bits per heavy atom. The fourth-order valence-electron chi connectivity index (χ4n) is 6.69. The van der Waals surface area contributed by atoms with Gasteiger partial charge < -0.3 is 4.57 Å². The molecule has 3 heterocycles. The Labute approximate surface area is 249 Å². The van der Waals surface area contributed by atoms with Gasteiger partial charge in [0.15, 0.2) is 0 Å². The predicted molar refractivity (Wildman–Crippen MR) is 185 cm³/mol. The zero-order valence-electron chi connectivity index (χ0n) is 24.3. The van der Waals surface area contributed by atoms with Crippen molar-refractivity contribution >= 4 is 64.9 Å². The van der Waals surface area contributed by atoms with Crippen molar-refractivity contribution in [1.29, 1.82) is 0 Å². The predicted octanol–water partition coefficient (Wildman–Crippen LogP) is 10.9. The molecule has 0 spiro atoms. The van der Waals surface area contributed by atoms with E-state index < -0.39 is 7.59 Å². The quantitative estimate of drug-likeness (QED) is 0.147. The van der Waals surface area contributed by atoms with Crippen LogP contribution in [-0.4, -0.2) is 20.5 Å². The molecule has 1 nitrogen and oxygen atoms in total. The van der Waals surface area contributed by atoms with E-state index in [0.717, 1.165) is 0 Å². The van der Waals surface area contributed by atoms with Gasteiger partial charge in [-0.15, -0.1) is 22.7 Å². The molecule has 0 saturated heterocycles. The molecule has 203 valence electrons. The summed E-state index contributed by atoms with van der Waals surface area (Å²) in [7, 11) is -1.74. The number of nitrogens with zero attached hydrogens (tertiary/aromatic N) is 1. The third-order valence-electron chi connectivity index (χ3n) is 8.96. The van der Waals surface area contributed by atoms with Gasteiger partial charge in [0.25, 0.3) is 0 Å². The van der Waals surface area contributed by atoms with E-state index in [0.29, 0.717) is 0 Å². The molecule has 0 bridgehead atoms. The fourth-order valence-corrected chi connectivity index (χ4v) is 25.1. The highest BCUT2D eigenvalue weighted by atomic mass is 32.1. The van der Waals surface area contributed by atoms with Crippen LogP contribution in [0, 0.1) is 6.92 Å². The van der Waals surface area contributed by atoms with Crippen LogP contribution in [0.2, 0.25) is 24.2 Å². The molecule has 0 aliphatic rings. The number of thiophene rings is 2. The SMILES string of the molecule is CC[Si](CC)[Si](CC)(CC)c1ccc(-c2ccc3c(c2)c2cc(-c4cccs4)ccc2n3-c2ccc(C)cc2)s1. The highest BCUT2D eigenvalue weighted by Crippen LogP contribution is 2.39. The molecular weight excluding hydrogens is 555 g/mol. The lowest BCUT2D eigenvalue weighted by Gasteiger charge is -2.35. The number of hydrogen-bond donors (Lipinski definition) is 0. The summed E-state index contributed by atoms with van der Waals surface area (Å²) in [6.45, 7) is 12.0. The monoisotopic (exact) mass is 592 g/mol. The molecule has 0 N–H and O–H groups in total. The van der Waals surface area contributed by atoms with E-state index in [1.165, 1.54) is 78.1 Å². The third kappa shape index (κ3) is 4.57. The van der Waals surface area contributed by atoms with Crippen molar-refractivity contribution < 1.29 is 0 Å². The average molecular weight is 593 g/mol. The van der Waals surface area contributed by atoms with Crippen molar-refractivity contribution in [2.24, 2.45) is 0 Å². The fraction of sp³-hybridized carbons (Fsp3) is 0.257. The first kappa shape index (κ1) is 27.5. The number of aromatic nitrogens is 1. The van der Waals surface area contributed by atoms with Gasteiger partial charge >= 0.3 is 0 Å². The Hall–Kier alpha value is -2.71. The second kappa shape index (κ2) is 11.3. The molecule has 0 atom stereocenters. The zero-order chi connectivity index (χ0) is 27.9. The maximum Gasteiger partial charge on any atom is 0.0896 e. The summed E-state index contributed by atoms with van der Waals surface area (Å²) in [5.41, 5.74) is 7.70. The van der Waals surface area contributed by atoms with Gasteiger partial charge in [-0.3, -0.25) is 0 Å². The second-order valence-corrected chi connectivity index (χ2v) is 25.0. The van der Waals surface area contributed by atoms with Crippen LogP contribution in [0.5, 0.6) is 0 Å². The van der Waals surface area contributed by atoms with Gasteiger partial charge in [-0.05, 0) is 76.5 Å². The summed E-state index contributed by atoms with van der Waals surface area (Å²) in [5, 5.41) is 4.83.